The number of carboxylic acid groups (broad SMARTS) is 1. The monoisotopic (exact) mass is 475 g/mol. The zero-order valence-electron chi connectivity index (χ0n) is 17.6. The molecule has 2 N–H and O–H groups in total. The van der Waals surface area contributed by atoms with Crippen LogP contribution >= 0.6 is 23.5 Å². The normalized spacial score (nSPS) is 23.1. The molecule has 10 heteroatoms. The van der Waals surface area contributed by atoms with Crippen LogP contribution < -0.4 is 14.8 Å². The molecule has 0 aliphatic carbocycles. The summed E-state index contributed by atoms with van der Waals surface area (Å²) in [6.07, 6.45) is 3.78. The molecule has 1 unspecified atom stereocenters. The van der Waals surface area contributed by atoms with Crippen LogP contribution in [0.4, 0.5) is 10.1 Å². The summed E-state index contributed by atoms with van der Waals surface area (Å²) in [6.45, 7) is 3.26. The molecule has 1 amide bonds. The maximum Gasteiger partial charge on any atom is 0.319 e. The molecule has 2 fully saturated rings. The van der Waals surface area contributed by atoms with Crippen molar-refractivity contribution in [1.82, 2.24) is 10.2 Å². The number of fused-ring (bicyclic) bond motifs is 2. The molecule has 0 bridgehead atoms. The number of carboxylic acids is 1. The first-order valence-corrected chi connectivity index (χ1v) is 12.5. The van der Waals surface area contributed by atoms with Crippen LogP contribution in [-0.2, 0) is 16.6 Å². The molecule has 168 valence electrons. The number of rotatable bonds is 5. The van der Waals surface area contributed by atoms with Gasteiger partial charge in [0.05, 0.1) is 11.1 Å². The minimum Gasteiger partial charge on any atom is -0.481 e. The van der Waals surface area contributed by atoms with Crippen molar-refractivity contribution in [2.75, 3.05) is 42.6 Å². The van der Waals surface area contributed by atoms with E-state index in [-0.39, 0.29) is 17.1 Å². The van der Waals surface area contributed by atoms with E-state index >= 15 is 4.39 Å². The summed E-state index contributed by atoms with van der Waals surface area (Å²) in [5.41, 5.74) is 2.67. The first-order valence-electron chi connectivity index (χ1n) is 10.5. The zero-order chi connectivity index (χ0) is 22.4. The molecule has 0 saturated carbocycles. The fourth-order valence-electron chi connectivity index (χ4n) is 4.37. The van der Waals surface area contributed by atoms with Gasteiger partial charge in [-0.2, -0.15) is 0 Å². The van der Waals surface area contributed by atoms with Crippen LogP contribution in [0.15, 0.2) is 41.1 Å². The number of anilines is 1. The molecule has 1 aromatic heterocycles. The van der Waals surface area contributed by atoms with E-state index < -0.39 is 11.9 Å². The van der Waals surface area contributed by atoms with Gasteiger partial charge in [-0.3, -0.25) is 9.59 Å². The van der Waals surface area contributed by atoms with Crippen LogP contribution in [0.5, 0.6) is 0 Å². The zero-order valence-corrected chi connectivity index (χ0v) is 19.2. The van der Waals surface area contributed by atoms with Crippen molar-refractivity contribution in [1.29, 1.82) is 0 Å². The van der Waals surface area contributed by atoms with E-state index in [1.54, 1.807) is 24.0 Å². The highest BCUT2D eigenvalue weighted by Crippen LogP contribution is 2.41. The lowest BCUT2D eigenvalue weighted by Crippen LogP contribution is -2.60. The summed E-state index contributed by atoms with van der Waals surface area (Å²) >= 11 is 3.10. The number of carbonyl (C=O) groups is 2. The Morgan fingerprint density at radius 1 is 1.38 bits per heavy atom. The minimum atomic E-state index is -1.05. The van der Waals surface area contributed by atoms with Crippen molar-refractivity contribution in [3.63, 3.8) is 0 Å². The Bertz CT molecular complexity index is 1140. The number of β-lactam (4-membered cyclic amide) rings is 1. The molecule has 2 saturated heterocycles. The molecule has 5 rings (SSSR count). The van der Waals surface area contributed by atoms with Gasteiger partial charge in [-0.05, 0) is 11.6 Å². The fraction of sp³-hybridized carbons (Fsp3) is 0.409. The SMILES string of the molecule is C[n+]1ccc(SCC2=CN3C(=O)C(C(=O)O)[C@@H]3SC2)c2cc(F)c(N3CCNCC3)cc21. The number of aryl methyl sites for hydroxylation is 1. The number of nitrogens with zero attached hydrogens (tertiary/aromatic N) is 3. The van der Waals surface area contributed by atoms with Gasteiger partial charge in [0.25, 0.3) is 0 Å². The molecule has 7 nitrogen and oxygen atoms in total. The van der Waals surface area contributed by atoms with Gasteiger partial charge in [-0.25, -0.2) is 8.96 Å². The number of hydrogen-bond acceptors (Lipinski definition) is 6. The van der Waals surface area contributed by atoms with Gasteiger partial charge in [0, 0.05) is 60.9 Å². The Morgan fingerprint density at radius 3 is 2.91 bits per heavy atom. The lowest BCUT2D eigenvalue weighted by molar-refractivity contribution is -0.645. The average molecular weight is 476 g/mol. The van der Waals surface area contributed by atoms with Crippen LogP contribution in [-0.4, -0.2) is 64.9 Å². The fourth-order valence-corrected chi connectivity index (χ4v) is 6.80. The number of amides is 1. The van der Waals surface area contributed by atoms with E-state index in [0.717, 1.165) is 47.6 Å². The highest BCUT2D eigenvalue weighted by atomic mass is 32.2. The number of carbonyl (C=O) groups excluding carboxylic acids is 1. The molecule has 2 atom stereocenters. The number of hydrogen-bond donors (Lipinski definition) is 2. The molecule has 2 aromatic rings. The molecule has 0 spiro atoms. The van der Waals surface area contributed by atoms with Gasteiger partial charge in [-0.15, -0.1) is 23.5 Å². The number of benzene rings is 1. The maximum atomic E-state index is 15.1. The summed E-state index contributed by atoms with van der Waals surface area (Å²) in [5.74, 6) is -1.21. The second kappa shape index (κ2) is 8.57. The van der Waals surface area contributed by atoms with E-state index in [2.05, 4.69) is 10.2 Å². The van der Waals surface area contributed by atoms with Crippen molar-refractivity contribution in [2.45, 2.75) is 10.3 Å². The standard InChI is InChI=1S/C22H23FN4O3S2/c1-25-5-2-18(14-8-15(23)17(9-16(14)25)26-6-3-24-4-7-26)31-11-13-10-27-20(28)19(22(29)30)21(27)32-12-13/h2,5,8-10,19,21,24H,3-4,6-7,11-12H2,1H3/p+1/t19?,21-/m0/s1. The van der Waals surface area contributed by atoms with Crippen molar-refractivity contribution in [3.8, 4) is 0 Å². The Balaban J connectivity index is 1.37. The van der Waals surface area contributed by atoms with Crippen molar-refractivity contribution < 1.29 is 23.7 Å². The summed E-state index contributed by atoms with van der Waals surface area (Å²) < 4.78 is 17.1. The molecule has 32 heavy (non-hydrogen) atoms. The van der Waals surface area contributed by atoms with Crippen molar-refractivity contribution in [2.24, 2.45) is 13.0 Å². The molecule has 3 aliphatic heterocycles. The third-order valence-corrected chi connectivity index (χ3v) is 8.70. The second-order valence-electron chi connectivity index (χ2n) is 8.19. The third-order valence-electron chi connectivity index (χ3n) is 6.14. The number of halogens is 1. The first-order chi connectivity index (χ1) is 15.4. The lowest BCUT2D eigenvalue weighted by Gasteiger charge is -2.45. The van der Waals surface area contributed by atoms with E-state index in [1.165, 1.54) is 16.7 Å². The Kier molecular flexibility index (Phi) is 5.77. The highest BCUT2D eigenvalue weighted by Gasteiger charge is 2.52. The number of nitrogens with one attached hydrogen (secondary N) is 1. The Hall–Kier alpha value is -2.30. The minimum absolute atomic E-state index is 0.214. The van der Waals surface area contributed by atoms with E-state index in [9.17, 15) is 14.7 Å². The molecule has 3 aliphatic rings. The summed E-state index contributed by atoms with van der Waals surface area (Å²) in [5, 5.41) is 13.0. The Labute approximate surface area is 193 Å². The van der Waals surface area contributed by atoms with Crippen LogP contribution in [0, 0.1) is 11.7 Å². The number of aliphatic carboxylic acids is 1. The van der Waals surface area contributed by atoms with E-state index in [4.69, 9.17) is 0 Å². The number of pyridine rings is 1. The van der Waals surface area contributed by atoms with Crippen molar-refractivity contribution in [3.05, 3.63) is 42.0 Å². The van der Waals surface area contributed by atoms with Gasteiger partial charge in [0.15, 0.2) is 12.1 Å². The van der Waals surface area contributed by atoms with Crippen LogP contribution in [0.1, 0.15) is 0 Å². The predicted molar refractivity (Wildman–Crippen MR) is 123 cm³/mol. The number of piperazine rings is 1. The van der Waals surface area contributed by atoms with Crippen LogP contribution in [0.3, 0.4) is 0 Å². The molecule has 0 radical (unpaired) electrons. The Morgan fingerprint density at radius 2 is 2.16 bits per heavy atom. The van der Waals surface area contributed by atoms with Gasteiger partial charge < -0.3 is 20.2 Å². The van der Waals surface area contributed by atoms with Gasteiger partial charge in [0.1, 0.15) is 18.2 Å². The molecule has 1 aromatic carbocycles. The largest absolute Gasteiger partial charge is 0.481 e. The molecular weight excluding hydrogens is 451 g/mol. The van der Waals surface area contributed by atoms with Crippen molar-refractivity contribution >= 4 is 52.0 Å². The predicted octanol–water partition coefficient (Wildman–Crippen LogP) is 1.80. The van der Waals surface area contributed by atoms with E-state index in [0.29, 0.717) is 17.2 Å². The smallest absolute Gasteiger partial charge is 0.319 e. The summed E-state index contributed by atoms with van der Waals surface area (Å²) in [6, 6.07) is 5.56. The number of aromatic nitrogens is 1. The van der Waals surface area contributed by atoms with Gasteiger partial charge in [0.2, 0.25) is 11.4 Å². The average Bonchev–Trinajstić information content (AvgIpc) is 2.78. The van der Waals surface area contributed by atoms with Gasteiger partial charge >= 0.3 is 5.97 Å². The van der Waals surface area contributed by atoms with Gasteiger partial charge in [-0.1, -0.05) is 0 Å². The number of thioether (sulfide) groups is 2. The molecule has 4 heterocycles. The summed E-state index contributed by atoms with van der Waals surface area (Å²) in [7, 11) is 1.96. The quantitative estimate of drug-likeness (QED) is 0.296. The van der Waals surface area contributed by atoms with Crippen LogP contribution in [0.25, 0.3) is 10.9 Å². The second-order valence-corrected chi connectivity index (χ2v) is 10.3. The maximum absolute atomic E-state index is 15.1. The van der Waals surface area contributed by atoms with Crippen LogP contribution in [0.2, 0.25) is 0 Å². The molecular formula is C22H24FN4O3S2+. The van der Waals surface area contributed by atoms with E-state index in [1.807, 2.05) is 29.9 Å². The topological polar surface area (TPSA) is 76.8 Å². The first kappa shape index (κ1) is 21.5. The lowest BCUT2D eigenvalue weighted by atomic mass is 9.98. The summed E-state index contributed by atoms with van der Waals surface area (Å²) in [4.78, 5) is 27.9. The third kappa shape index (κ3) is 3.74. The highest BCUT2D eigenvalue weighted by molar-refractivity contribution is 8.01.